The molecule has 2 aromatic carbocycles. The molecule has 6 nitrogen and oxygen atoms in total. The summed E-state index contributed by atoms with van der Waals surface area (Å²) in [7, 11) is 1.32. The molecule has 136 valence electrons. The Bertz CT molecular complexity index is 787. The summed E-state index contributed by atoms with van der Waals surface area (Å²) >= 11 is 0. The summed E-state index contributed by atoms with van der Waals surface area (Å²) in [4.78, 5) is 27.4. The second-order valence-electron chi connectivity index (χ2n) is 5.92. The predicted octanol–water partition coefficient (Wildman–Crippen LogP) is 2.97. The number of para-hydroxylation sites is 1. The van der Waals surface area contributed by atoms with Crippen molar-refractivity contribution in [1.82, 2.24) is 4.90 Å². The number of hydrogen-bond acceptors (Lipinski definition) is 4. The van der Waals surface area contributed by atoms with Crippen LogP contribution < -0.4 is 10.2 Å². The van der Waals surface area contributed by atoms with E-state index in [0.717, 1.165) is 0 Å². The van der Waals surface area contributed by atoms with Gasteiger partial charge in [0.25, 0.3) is 0 Å². The lowest BCUT2D eigenvalue weighted by Gasteiger charge is -2.36. The van der Waals surface area contributed by atoms with Crippen LogP contribution in [0.3, 0.4) is 0 Å². The summed E-state index contributed by atoms with van der Waals surface area (Å²) in [5.74, 6) is -0.678. The molecular weight excluding hydrogens is 337 g/mol. The number of hydrogen-bond donors (Lipinski definition) is 1. The average Bonchev–Trinajstić information content (AvgIpc) is 2.68. The van der Waals surface area contributed by atoms with Gasteiger partial charge >= 0.3 is 12.0 Å². The van der Waals surface area contributed by atoms with Crippen LogP contribution in [0.1, 0.15) is 10.4 Å². The predicted molar refractivity (Wildman–Crippen MR) is 97.0 cm³/mol. The minimum absolute atomic E-state index is 0.219. The van der Waals surface area contributed by atoms with Gasteiger partial charge in [-0.05, 0) is 36.4 Å². The highest BCUT2D eigenvalue weighted by Gasteiger charge is 2.22. The van der Waals surface area contributed by atoms with E-state index in [-0.39, 0.29) is 11.8 Å². The largest absolute Gasteiger partial charge is 0.465 e. The molecule has 1 saturated heterocycles. The van der Waals surface area contributed by atoms with Crippen LogP contribution in [0.4, 0.5) is 20.6 Å². The minimum Gasteiger partial charge on any atom is -0.465 e. The first-order valence-corrected chi connectivity index (χ1v) is 8.32. The van der Waals surface area contributed by atoms with Gasteiger partial charge in [-0.1, -0.05) is 12.1 Å². The number of rotatable bonds is 3. The van der Waals surface area contributed by atoms with Crippen LogP contribution in [0.15, 0.2) is 48.5 Å². The number of piperazine rings is 1. The van der Waals surface area contributed by atoms with Gasteiger partial charge in [0.1, 0.15) is 5.82 Å². The van der Waals surface area contributed by atoms with E-state index in [4.69, 9.17) is 0 Å². The van der Waals surface area contributed by atoms with Crippen molar-refractivity contribution < 1.29 is 18.7 Å². The Balaban J connectivity index is 1.55. The Kier molecular flexibility index (Phi) is 5.36. The molecule has 0 bridgehead atoms. The highest BCUT2D eigenvalue weighted by Crippen LogP contribution is 2.20. The number of nitrogens with one attached hydrogen (secondary N) is 1. The van der Waals surface area contributed by atoms with Gasteiger partial charge in [0.15, 0.2) is 0 Å². The third kappa shape index (κ3) is 3.93. The first-order valence-electron chi connectivity index (χ1n) is 8.32. The SMILES string of the molecule is COC(=O)c1ccc(NC(=O)N2CCN(c3ccccc3F)CC2)cc1. The number of anilines is 2. The number of methoxy groups -OCH3 is 1. The lowest BCUT2D eigenvalue weighted by Crippen LogP contribution is -2.50. The quantitative estimate of drug-likeness (QED) is 0.858. The molecule has 1 fully saturated rings. The van der Waals surface area contributed by atoms with Gasteiger partial charge < -0.3 is 19.9 Å². The molecular formula is C19H20FN3O3. The van der Waals surface area contributed by atoms with Crippen LogP contribution >= 0.6 is 0 Å². The maximum Gasteiger partial charge on any atom is 0.337 e. The van der Waals surface area contributed by atoms with Crippen LogP contribution in [0.2, 0.25) is 0 Å². The zero-order chi connectivity index (χ0) is 18.5. The summed E-state index contributed by atoms with van der Waals surface area (Å²) in [6, 6.07) is 12.9. The Morgan fingerprint density at radius 3 is 2.27 bits per heavy atom. The van der Waals surface area contributed by atoms with Crippen molar-refractivity contribution in [3.05, 3.63) is 59.9 Å². The van der Waals surface area contributed by atoms with Gasteiger partial charge in [-0.25, -0.2) is 14.0 Å². The molecule has 1 aliphatic rings. The first-order chi connectivity index (χ1) is 12.6. The van der Waals surface area contributed by atoms with Crippen molar-refractivity contribution in [2.75, 3.05) is 43.5 Å². The highest BCUT2D eigenvalue weighted by molar-refractivity contribution is 5.92. The molecule has 0 radical (unpaired) electrons. The van der Waals surface area contributed by atoms with E-state index in [1.54, 1.807) is 47.4 Å². The number of nitrogens with zero attached hydrogens (tertiary/aromatic N) is 2. The van der Waals surface area contributed by atoms with E-state index in [1.165, 1.54) is 13.2 Å². The maximum absolute atomic E-state index is 13.9. The molecule has 2 aromatic rings. The number of halogens is 1. The minimum atomic E-state index is -0.424. The highest BCUT2D eigenvalue weighted by atomic mass is 19.1. The van der Waals surface area contributed by atoms with Crippen molar-refractivity contribution in [3.8, 4) is 0 Å². The number of benzene rings is 2. The van der Waals surface area contributed by atoms with E-state index < -0.39 is 5.97 Å². The number of esters is 1. The first kappa shape index (κ1) is 17.7. The Labute approximate surface area is 151 Å². The average molecular weight is 357 g/mol. The van der Waals surface area contributed by atoms with Crippen LogP contribution in [0, 0.1) is 5.82 Å². The van der Waals surface area contributed by atoms with Crippen molar-refractivity contribution in [2.24, 2.45) is 0 Å². The molecule has 3 rings (SSSR count). The van der Waals surface area contributed by atoms with Gasteiger partial charge in [0.05, 0.1) is 18.4 Å². The standard InChI is InChI=1S/C19H20FN3O3/c1-26-18(24)14-6-8-15(9-7-14)21-19(25)23-12-10-22(11-13-23)17-5-3-2-4-16(17)20/h2-9H,10-13H2,1H3,(H,21,25). The van der Waals surface area contributed by atoms with Crippen molar-refractivity contribution >= 4 is 23.4 Å². The number of amides is 2. The molecule has 1 heterocycles. The van der Waals surface area contributed by atoms with Crippen LogP contribution in [0.5, 0.6) is 0 Å². The molecule has 26 heavy (non-hydrogen) atoms. The fourth-order valence-electron chi connectivity index (χ4n) is 2.87. The topological polar surface area (TPSA) is 61.9 Å². The van der Waals surface area contributed by atoms with Gasteiger partial charge in [0, 0.05) is 31.9 Å². The van der Waals surface area contributed by atoms with E-state index >= 15 is 0 Å². The van der Waals surface area contributed by atoms with Crippen LogP contribution in [-0.4, -0.2) is 50.2 Å². The third-order valence-electron chi connectivity index (χ3n) is 4.32. The zero-order valence-electron chi connectivity index (χ0n) is 14.4. The molecule has 0 atom stereocenters. The van der Waals surface area contributed by atoms with Crippen molar-refractivity contribution in [1.29, 1.82) is 0 Å². The molecule has 1 N–H and O–H groups in total. The lowest BCUT2D eigenvalue weighted by atomic mass is 10.2. The summed E-state index contributed by atoms with van der Waals surface area (Å²) in [5.41, 5.74) is 1.58. The maximum atomic E-state index is 13.9. The second-order valence-corrected chi connectivity index (χ2v) is 5.92. The fourth-order valence-corrected chi connectivity index (χ4v) is 2.87. The van der Waals surface area contributed by atoms with Gasteiger partial charge in [-0.3, -0.25) is 0 Å². The van der Waals surface area contributed by atoms with Gasteiger partial charge in [-0.2, -0.15) is 0 Å². The Morgan fingerprint density at radius 1 is 1.00 bits per heavy atom. The summed E-state index contributed by atoms with van der Waals surface area (Å²) in [6.07, 6.45) is 0. The monoisotopic (exact) mass is 357 g/mol. The number of carbonyl (C=O) groups excluding carboxylic acids is 2. The van der Waals surface area contributed by atoms with E-state index in [2.05, 4.69) is 10.1 Å². The second kappa shape index (κ2) is 7.86. The number of ether oxygens (including phenoxy) is 1. The zero-order valence-corrected chi connectivity index (χ0v) is 14.4. The molecule has 0 aromatic heterocycles. The van der Waals surface area contributed by atoms with Gasteiger partial charge in [0.2, 0.25) is 0 Å². The normalized spacial score (nSPS) is 14.1. The smallest absolute Gasteiger partial charge is 0.337 e. The van der Waals surface area contributed by atoms with E-state index in [9.17, 15) is 14.0 Å². The Morgan fingerprint density at radius 2 is 1.65 bits per heavy atom. The molecule has 7 heteroatoms. The molecule has 2 amide bonds. The van der Waals surface area contributed by atoms with Crippen LogP contribution in [-0.2, 0) is 4.74 Å². The van der Waals surface area contributed by atoms with E-state index in [0.29, 0.717) is 43.1 Å². The van der Waals surface area contributed by atoms with Crippen molar-refractivity contribution in [3.63, 3.8) is 0 Å². The van der Waals surface area contributed by atoms with Crippen LogP contribution in [0.25, 0.3) is 0 Å². The fraction of sp³-hybridized carbons (Fsp3) is 0.263. The molecule has 0 spiro atoms. The number of urea groups is 1. The third-order valence-corrected chi connectivity index (χ3v) is 4.32. The van der Waals surface area contributed by atoms with Gasteiger partial charge in [-0.15, -0.1) is 0 Å². The number of carbonyl (C=O) groups is 2. The summed E-state index contributed by atoms with van der Waals surface area (Å²) in [6.45, 7) is 2.13. The summed E-state index contributed by atoms with van der Waals surface area (Å²) in [5, 5.41) is 2.80. The molecule has 0 unspecified atom stereocenters. The molecule has 0 saturated carbocycles. The lowest BCUT2D eigenvalue weighted by molar-refractivity contribution is 0.0600. The molecule has 1 aliphatic heterocycles. The van der Waals surface area contributed by atoms with Crippen molar-refractivity contribution in [2.45, 2.75) is 0 Å². The molecule has 0 aliphatic carbocycles. The Hall–Kier alpha value is -3.09. The van der Waals surface area contributed by atoms with E-state index in [1.807, 2.05) is 4.90 Å². The summed E-state index contributed by atoms with van der Waals surface area (Å²) < 4.78 is 18.5.